The molecule has 0 spiro atoms. The van der Waals surface area contributed by atoms with E-state index in [9.17, 15) is 18.9 Å². The van der Waals surface area contributed by atoms with E-state index in [1.807, 2.05) is 0 Å². The summed E-state index contributed by atoms with van der Waals surface area (Å²) in [5, 5.41) is 18.4. The molecular formula is C8H4ClF2N3O2. The van der Waals surface area contributed by atoms with Gasteiger partial charge in [-0.05, 0) is 9.91 Å². The van der Waals surface area contributed by atoms with Gasteiger partial charge in [-0.15, -0.1) is 0 Å². The fourth-order valence-corrected chi connectivity index (χ4v) is 1.37. The summed E-state index contributed by atoms with van der Waals surface area (Å²) in [5.74, 6) is -0.985. The highest BCUT2D eigenvalue weighted by Gasteiger charge is 2.28. The third kappa shape index (κ3) is 2.23. The second-order valence-electron chi connectivity index (χ2n) is 2.73. The number of rotatable bonds is 3. The van der Waals surface area contributed by atoms with Gasteiger partial charge < -0.3 is 10.1 Å². The van der Waals surface area contributed by atoms with E-state index in [1.54, 1.807) is 6.07 Å². The van der Waals surface area contributed by atoms with Gasteiger partial charge in [0.05, 0.1) is 17.5 Å². The zero-order valence-electron chi connectivity index (χ0n) is 7.65. The molecule has 0 aromatic carbocycles. The Morgan fingerprint density at radius 3 is 2.75 bits per heavy atom. The van der Waals surface area contributed by atoms with Crippen LogP contribution < -0.4 is 0 Å². The Morgan fingerprint density at radius 1 is 1.69 bits per heavy atom. The lowest BCUT2D eigenvalue weighted by Gasteiger charge is -2.05. The van der Waals surface area contributed by atoms with E-state index in [0.717, 1.165) is 6.20 Å². The lowest BCUT2D eigenvalue weighted by molar-refractivity contribution is -0.391. The number of alkyl halides is 2. The van der Waals surface area contributed by atoms with Gasteiger partial charge in [-0.1, -0.05) is 11.6 Å². The van der Waals surface area contributed by atoms with Crippen LogP contribution in [0, 0.1) is 21.4 Å². The highest BCUT2D eigenvalue weighted by molar-refractivity contribution is 6.32. The second kappa shape index (κ2) is 4.81. The smallest absolute Gasteiger partial charge is 0.358 e. The standard InChI is InChI=1S/C8H4ClF2N3O2/c9-6-4(1-2-12)3-13-8(14(15)16)5(6)7(10)11/h3,7H,1H2. The molecule has 0 aliphatic carbocycles. The number of hydrogen-bond donors (Lipinski definition) is 0. The van der Waals surface area contributed by atoms with Gasteiger partial charge in [0.15, 0.2) is 0 Å². The number of pyridine rings is 1. The van der Waals surface area contributed by atoms with Crippen LogP contribution in [0.3, 0.4) is 0 Å². The number of hydrogen-bond acceptors (Lipinski definition) is 4. The molecule has 16 heavy (non-hydrogen) atoms. The molecule has 0 amide bonds. The molecule has 1 heterocycles. The van der Waals surface area contributed by atoms with E-state index in [1.165, 1.54) is 0 Å². The molecule has 0 fully saturated rings. The first kappa shape index (κ1) is 12.3. The fraction of sp³-hybridized carbons (Fsp3) is 0.250. The zero-order chi connectivity index (χ0) is 12.3. The van der Waals surface area contributed by atoms with Gasteiger partial charge in [0, 0.05) is 5.56 Å². The topological polar surface area (TPSA) is 79.8 Å². The Hall–Kier alpha value is -1.81. The van der Waals surface area contributed by atoms with Crippen LogP contribution in [-0.4, -0.2) is 9.91 Å². The summed E-state index contributed by atoms with van der Waals surface area (Å²) in [6, 6.07) is 1.70. The van der Waals surface area contributed by atoms with Gasteiger partial charge in [0.2, 0.25) is 0 Å². The van der Waals surface area contributed by atoms with Crippen molar-refractivity contribution in [3.8, 4) is 6.07 Å². The molecule has 0 saturated heterocycles. The summed E-state index contributed by atoms with van der Waals surface area (Å²) in [6.07, 6.45) is -2.39. The van der Waals surface area contributed by atoms with Crippen molar-refractivity contribution in [1.82, 2.24) is 4.98 Å². The molecular weight excluding hydrogens is 244 g/mol. The zero-order valence-corrected chi connectivity index (χ0v) is 8.41. The maximum absolute atomic E-state index is 12.6. The van der Waals surface area contributed by atoms with Crippen LogP contribution in [0.2, 0.25) is 5.02 Å². The molecule has 0 bridgehead atoms. The molecule has 0 N–H and O–H groups in total. The van der Waals surface area contributed by atoms with Gasteiger partial charge in [0.25, 0.3) is 6.43 Å². The lowest BCUT2D eigenvalue weighted by atomic mass is 10.1. The van der Waals surface area contributed by atoms with Crippen molar-refractivity contribution in [3.05, 3.63) is 32.5 Å². The Kier molecular flexibility index (Phi) is 3.68. The molecule has 0 aliphatic rings. The van der Waals surface area contributed by atoms with E-state index < -0.39 is 27.8 Å². The number of nitro groups is 1. The molecule has 0 atom stereocenters. The van der Waals surface area contributed by atoms with Crippen molar-refractivity contribution in [3.63, 3.8) is 0 Å². The van der Waals surface area contributed by atoms with Crippen LogP contribution in [0.25, 0.3) is 0 Å². The minimum atomic E-state index is -3.11. The van der Waals surface area contributed by atoms with E-state index >= 15 is 0 Å². The summed E-state index contributed by atoms with van der Waals surface area (Å²) >= 11 is 5.56. The predicted molar refractivity (Wildman–Crippen MR) is 50.2 cm³/mol. The fourth-order valence-electron chi connectivity index (χ4n) is 1.08. The maximum atomic E-state index is 12.6. The van der Waals surface area contributed by atoms with Crippen molar-refractivity contribution >= 4 is 17.4 Å². The first-order valence-electron chi connectivity index (χ1n) is 3.95. The quantitative estimate of drug-likeness (QED) is 0.607. The average molecular weight is 248 g/mol. The molecule has 1 aromatic rings. The monoisotopic (exact) mass is 247 g/mol. The number of halogens is 3. The van der Waals surface area contributed by atoms with E-state index in [2.05, 4.69) is 4.98 Å². The van der Waals surface area contributed by atoms with Crippen LogP contribution >= 0.6 is 11.6 Å². The Bertz CT molecular complexity index is 473. The van der Waals surface area contributed by atoms with Crippen LogP contribution in [0.15, 0.2) is 6.20 Å². The van der Waals surface area contributed by atoms with Gasteiger partial charge in [-0.25, -0.2) is 8.78 Å². The second-order valence-corrected chi connectivity index (χ2v) is 3.11. The van der Waals surface area contributed by atoms with Gasteiger partial charge in [-0.3, -0.25) is 0 Å². The van der Waals surface area contributed by atoms with Gasteiger partial charge in [0.1, 0.15) is 11.8 Å². The molecule has 5 nitrogen and oxygen atoms in total. The number of aromatic nitrogens is 1. The number of nitrogens with zero attached hydrogens (tertiary/aromatic N) is 3. The van der Waals surface area contributed by atoms with Gasteiger partial charge in [-0.2, -0.15) is 5.26 Å². The van der Waals surface area contributed by atoms with Crippen LogP contribution in [-0.2, 0) is 6.42 Å². The SMILES string of the molecule is N#CCc1cnc([N+](=O)[O-])c(C(F)F)c1Cl. The lowest BCUT2D eigenvalue weighted by Crippen LogP contribution is -2.02. The highest BCUT2D eigenvalue weighted by atomic mass is 35.5. The van der Waals surface area contributed by atoms with E-state index in [0.29, 0.717) is 0 Å². The maximum Gasteiger partial charge on any atom is 0.373 e. The summed E-state index contributed by atoms with van der Waals surface area (Å²) < 4.78 is 25.1. The molecule has 1 rings (SSSR count). The van der Waals surface area contributed by atoms with Crippen molar-refractivity contribution in [1.29, 1.82) is 5.26 Å². The largest absolute Gasteiger partial charge is 0.373 e. The first-order chi connectivity index (χ1) is 7.49. The Labute approximate surface area is 93.4 Å². The molecule has 0 unspecified atom stereocenters. The third-order valence-corrected chi connectivity index (χ3v) is 2.21. The van der Waals surface area contributed by atoms with Gasteiger partial charge >= 0.3 is 5.82 Å². The molecule has 84 valence electrons. The van der Waals surface area contributed by atoms with E-state index in [-0.39, 0.29) is 12.0 Å². The summed E-state index contributed by atoms with van der Waals surface area (Å²) in [5.41, 5.74) is -0.899. The Morgan fingerprint density at radius 2 is 2.31 bits per heavy atom. The molecule has 0 aliphatic heterocycles. The average Bonchev–Trinajstić information content (AvgIpc) is 2.20. The van der Waals surface area contributed by atoms with Crippen LogP contribution in [0.5, 0.6) is 0 Å². The molecule has 1 aromatic heterocycles. The minimum Gasteiger partial charge on any atom is -0.358 e. The van der Waals surface area contributed by atoms with Crippen molar-refractivity contribution in [2.75, 3.05) is 0 Å². The van der Waals surface area contributed by atoms with Crippen molar-refractivity contribution < 1.29 is 13.7 Å². The summed E-state index contributed by atoms with van der Waals surface area (Å²) in [7, 11) is 0. The third-order valence-electron chi connectivity index (χ3n) is 1.76. The molecule has 0 radical (unpaired) electrons. The van der Waals surface area contributed by atoms with Crippen molar-refractivity contribution in [2.24, 2.45) is 0 Å². The summed E-state index contributed by atoms with van der Waals surface area (Å²) in [4.78, 5) is 12.7. The molecule has 0 saturated carbocycles. The van der Waals surface area contributed by atoms with Crippen LogP contribution in [0.4, 0.5) is 14.6 Å². The van der Waals surface area contributed by atoms with Crippen molar-refractivity contribution in [2.45, 2.75) is 12.8 Å². The summed E-state index contributed by atoms with van der Waals surface area (Å²) in [6.45, 7) is 0. The highest BCUT2D eigenvalue weighted by Crippen LogP contribution is 2.35. The van der Waals surface area contributed by atoms with Crippen LogP contribution in [0.1, 0.15) is 17.6 Å². The minimum absolute atomic E-state index is 0.0464. The predicted octanol–water partition coefficient (Wildman–Crippen LogP) is 2.65. The Balaban J connectivity index is 3.43. The first-order valence-corrected chi connectivity index (χ1v) is 4.33. The van der Waals surface area contributed by atoms with E-state index in [4.69, 9.17) is 16.9 Å². The normalized spacial score (nSPS) is 10.2. The molecule has 8 heteroatoms. The number of nitriles is 1.